The van der Waals surface area contributed by atoms with Gasteiger partial charge in [0, 0.05) is 12.3 Å². The number of carbonyl (C=O) groups is 1. The van der Waals surface area contributed by atoms with E-state index < -0.39 is 43.0 Å². The van der Waals surface area contributed by atoms with Crippen LogP contribution in [0.1, 0.15) is 45.3 Å². The fourth-order valence-electron chi connectivity index (χ4n) is 2.76. The lowest BCUT2D eigenvalue weighted by Gasteiger charge is -2.17. The van der Waals surface area contributed by atoms with Gasteiger partial charge in [-0.3, -0.25) is 4.57 Å². The monoisotopic (exact) mass is 401 g/mol. The van der Waals surface area contributed by atoms with Crippen molar-refractivity contribution in [3.63, 3.8) is 0 Å². The van der Waals surface area contributed by atoms with E-state index in [-0.39, 0.29) is 12.4 Å². The Balaban J connectivity index is 1.81. The van der Waals surface area contributed by atoms with Crippen LogP contribution in [0, 0.1) is 0 Å². The first-order valence-electron chi connectivity index (χ1n) is 9.29. The van der Waals surface area contributed by atoms with E-state index in [0.29, 0.717) is 0 Å². The molecule has 4 N–H and O–H groups in total. The molecule has 0 spiro atoms. The molecule has 0 bridgehead atoms. The predicted molar refractivity (Wildman–Crippen MR) is 96.3 cm³/mol. The summed E-state index contributed by atoms with van der Waals surface area (Å²) in [5.41, 5.74) is 1.40. The van der Waals surface area contributed by atoms with Gasteiger partial charge >= 0.3 is 11.8 Å². The van der Waals surface area contributed by atoms with Crippen molar-refractivity contribution in [1.82, 2.24) is 9.55 Å². The molecule has 0 radical (unpaired) electrons. The smallest absolute Gasteiger partial charge is 0.433 e. The minimum atomic E-state index is -1.40. The summed E-state index contributed by atoms with van der Waals surface area (Å²) in [6.45, 7) is 1.85. The molecule has 0 aromatic carbocycles. The summed E-state index contributed by atoms with van der Waals surface area (Å²) in [6, 6.07) is 1.31. The van der Waals surface area contributed by atoms with Crippen molar-refractivity contribution in [2.45, 2.75) is 63.6 Å². The van der Waals surface area contributed by atoms with Crippen LogP contribution in [0.15, 0.2) is 17.1 Å². The molecule has 1 aliphatic rings. The zero-order valence-electron chi connectivity index (χ0n) is 15.7. The number of anilines is 1. The van der Waals surface area contributed by atoms with Gasteiger partial charge in [-0.15, -0.1) is 0 Å². The Morgan fingerprint density at radius 2 is 2.04 bits per heavy atom. The Bertz CT molecular complexity index is 683. The van der Waals surface area contributed by atoms with Gasteiger partial charge in [-0.05, 0) is 6.42 Å². The van der Waals surface area contributed by atoms with Gasteiger partial charge in [-0.25, -0.2) is 9.59 Å². The van der Waals surface area contributed by atoms with Crippen molar-refractivity contribution in [3.8, 4) is 0 Å². The van der Waals surface area contributed by atoms with E-state index in [1.165, 1.54) is 12.3 Å². The summed E-state index contributed by atoms with van der Waals surface area (Å²) in [6.07, 6.45) is 0.443. The molecule has 11 nitrogen and oxygen atoms in total. The van der Waals surface area contributed by atoms with Crippen molar-refractivity contribution in [2.75, 3.05) is 18.7 Å². The minimum Gasteiger partial charge on any atom is -0.433 e. The van der Waals surface area contributed by atoms with Gasteiger partial charge < -0.3 is 29.6 Å². The number of rotatable bonds is 10. The zero-order chi connectivity index (χ0) is 20.5. The number of nitrogens with zero attached hydrogens (tertiary/aromatic N) is 2. The highest BCUT2D eigenvalue weighted by Gasteiger charge is 2.43. The van der Waals surface area contributed by atoms with Crippen molar-refractivity contribution in [2.24, 2.45) is 0 Å². The maximum absolute atomic E-state index is 12.1. The number of unbranched alkanes of at least 4 members (excludes halogenated alkanes) is 4. The third-order valence-corrected chi connectivity index (χ3v) is 4.33. The Kier molecular flexibility index (Phi) is 8.64. The standard InChI is InChI=1S/C17H27N3O8/c1-2-3-4-5-6-9-26-17(25)28-19-12-7-8-20(16(24)18-12)15-14(23)13(22)11(10-21)27-15/h7-8,11,13-15,21-23H,2-6,9-10H2,1H3,(H,18,19,24)/t11-,13+,14+,15-/m1/s1. The Morgan fingerprint density at radius 3 is 2.68 bits per heavy atom. The molecule has 11 heteroatoms. The lowest BCUT2D eigenvalue weighted by molar-refractivity contribution is -0.0549. The Hall–Kier alpha value is -2.21. The molecule has 2 rings (SSSR count). The van der Waals surface area contributed by atoms with Gasteiger partial charge in [-0.1, -0.05) is 32.6 Å². The van der Waals surface area contributed by atoms with Crippen molar-refractivity contribution < 1.29 is 34.4 Å². The summed E-state index contributed by atoms with van der Waals surface area (Å²) in [5.74, 6) is -0.0483. The Morgan fingerprint density at radius 1 is 1.29 bits per heavy atom. The van der Waals surface area contributed by atoms with E-state index in [1.54, 1.807) is 0 Å². The van der Waals surface area contributed by atoms with Gasteiger partial charge in [-0.2, -0.15) is 10.5 Å². The van der Waals surface area contributed by atoms with Crippen LogP contribution in [0.2, 0.25) is 0 Å². The van der Waals surface area contributed by atoms with Crippen molar-refractivity contribution >= 4 is 12.0 Å². The second-order valence-corrected chi connectivity index (χ2v) is 6.45. The summed E-state index contributed by atoms with van der Waals surface area (Å²) in [4.78, 5) is 31.9. The van der Waals surface area contributed by atoms with Crippen LogP contribution in [0.4, 0.5) is 10.6 Å². The van der Waals surface area contributed by atoms with E-state index >= 15 is 0 Å². The number of ether oxygens (including phenoxy) is 2. The van der Waals surface area contributed by atoms with Gasteiger partial charge in [0.05, 0.1) is 13.2 Å². The molecule has 1 aliphatic heterocycles. The van der Waals surface area contributed by atoms with Crippen LogP contribution in [0.5, 0.6) is 0 Å². The van der Waals surface area contributed by atoms with Gasteiger partial charge in [0.2, 0.25) is 0 Å². The molecule has 1 saturated heterocycles. The predicted octanol–water partition coefficient (Wildman–Crippen LogP) is 0.305. The molecule has 0 amide bonds. The largest absolute Gasteiger partial charge is 0.533 e. The molecule has 1 aromatic rings. The van der Waals surface area contributed by atoms with E-state index in [4.69, 9.17) is 14.6 Å². The third kappa shape index (κ3) is 5.89. The van der Waals surface area contributed by atoms with Crippen LogP contribution in [0.25, 0.3) is 0 Å². The second kappa shape index (κ2) is 11.0. The molecule has 4 atom stereocenters. The first kappa shape index (κ1) is 22.1. The molecular weight excluding hydrogens is 374 g/mol. The highest BCUT2D eigenvalue weighted by atomic mass is 16.8. The molecule has 28 heavy (non-hydrogen) atoms. The van der Waals surface area contributed by atoms with Crippen LogP contribution in [-0.2, 0) is 14.3 Å². The minimum absolute atomic E-state index is 0.0483. The topological polar surface area (TPSA) is 152 Å². The quantitative estimate of drug-likeness (QED) is 0.245. The maximum atomic E-state index is 12.1. The zero-order valence-corrected chi connectivity index (χ0v) is 15.7. The van der Waals surface area contributed by atoms with Gasteiger partial charge in [0.15, 0.2) is 12.0 Å². The summed E-state index contributed by atoms with van der Waals surface area (Å²) in [7, 11) is 0. The number of aromatic nitrogens is 2. The average Bonchev–Trinajstić information content (AvgIpc) is 2.97. The first-order valence-corrected chi connectivity index (χ1v) is 9.29. The van der Waals surface area contributed by atoms with Gasteiger partial charge in [0.1, 0.15) is 18.3 Å². The molecule has 1 aromatic heterocycles. The van der Waals surface area contributed by atoms with E-state index in [0.717, 1.165) is 36.7 Å². The fourth-order valence-corrected chi connectivity index (χ4v) is 2.76. The highest BCUT2D eigenvalue weighted by molar-refractivity contribution is 5.61. The molecule has 0 unspecified atom stereocenters. The number of hydrogen-bond donors (Lipinski definition) is 4. The van der Waals surface area contributed by atoms with E-state index in [1.807, 2.05) is 0 Å². The van der Waals surface area contributed by atoms with Crippen LogP contribution >= 0.6 is 0 Å². The maximum Gasteiger partial charge on any atom is 0.533 e. The molecule has 158 valence electrons. The fraction of sp³-hybridized carbons (Fsp3) is 0.706. The molecule has 0 aliphatic carbocycles. The second-order valence-electron chi connectivity index (χ2n) is 6.45. The lowest BCUT2D eigenvalue weighted by atomic mass is 10.1. The SMILES string of the molecule is CCCCCCCOC(=O)ONc1ccn([C@@H]2O[C@H](CO)[C@H](O)[C@@H]2O)c(=O)n1. The summed E-state index contributed by atoms with van der Waals surface area (Å²) >= 11 is 0. The van der Waals surface area contributed by atoms with E-state index in [9.17, 15) is 19.8 Å². The molecule has 2 heterocycles. The number of hydrogen-bond acceptors (Lipinski definition) is 10. The van der Waals surface area contributed by atoms with Crippen molar-refractivity contribution in [3.05, 3.63) is 22.7 Å². The van der Waals surface area contributed by atoms with Crippen LogP contribution in [-0.4, -0.2) is 62.6 Å². The van der Waals surface area contributed by atoms with Crippen LogP contribution < -0.4 is 11.2 Å². The Labute approximate surface area is 161 Å². The number of nitrogens with one attached hydrogen (secondary N) is 1. The number of aliphatic hydroxyl groups excluding tert-OH is 3. The number of carbonyl (C=O) groups excluding carboxylic acids is 1. The summed E-state index contributed by atoms with van der Waals surface area (Å²) in [5, 5.41) is 28.8. The molecular formula is C17H27N3O8. The molecule has 1 fully saturated rings. The van der Waals surface area contributed by atoms with Gasteiger partial charge in [0.25, 0.3) is 0 Å². The van der Waals surface area contributed by atoms with Crippen molar-refractivity contribution in [1.29, 1.82) is 0 Å². The normalized spacial score (nSPS) is 24.1. The lowest BCUT2D eigenvalue weighted by Crippen LogP contribution is -2.36. The molecule has 0 saturated carbocycles. The highest BCUT2D eigenvalue weighted by Crippen LogP contribution is 2.28. The summed E-state index contributed by atoms with van der Waals surface area (Å²) < 4.78 is 11.1. The first-order chi connectivity index (χ1) is 13.5. The average molecular weight is 401 g/mol. The number of aliphatic hydroxyl groups is 3. The third-order valence-electron chi connectivity index (χ3n) is 4.33. The van der Waals surface area contributed by atoms with E-state index in [2.05, 4.69) is 22.2 Å². The van der Waals surface area contributed by atoms with Crippen LogP contribution in [0.3, 0.4) is 0 Å².